The van der Waals surface area contributed by atoms with Crippen molar-refractivity contribution >= 4 is 21.8 Å². The molecular formula is C16H25N5O5S. The number of nitrogens with one attached hydrogen (secondary N) is 2. The number of aryl methyl sites for hydroxylation is 1. The Hall–Kier alpha value is -2.01. The Morgan fingerprint density at radius 3 is 2.56 bits per heavy atom. The van der Waals surface area contributed by atoms with Gasteiger partial charge in [-0.3, -0.25) is 9.59 Å². The van der Waals surface area contributed by atoms with Crippen molar-refractivity contribution in [1.82, 2.24) is 25.1 Å². The fraction of sp³-hybridized carbons (Fsp3) is 0.750. The van der Waals surface area contributed by atoms with Gasteiger partial charge in [0.1, 0.15) is 0 Å². The maximum absolute atomic E-state index is 12.0. The first-order valence-electron chi connectivity index (χ1n) is 9.22. The predicted octanol–water partition coefficient (Wildman–Crippen LogP) is -0.328. The van der Waals surface area contributed by atoms with Crippen LogP contribution in [0.3, 0.4) is 0 Å². The summed E-state index contributed by atoms with van der Waals surface area (Å²) < 4.78 is 29.9. The number of aromatic nitrogens is 2. The molecule has 1 saturated heterocycles. The topological polar surface area (TPSA) is 134 Å². The minimum Gasteiger partial charge on any atom is -0.347 e. The van der Waals surface area contributed by atoms with Crippen molar-refractivity contribution < 1.29 is 22.5 Å². The Labute approximate surface area is 158 Å². The van der Waals surface area contributed by atoms with Gasteiger partial charge in [0.15, 0.2) is 5.82 Å². The van der Waals surface area contributed by atoms with Crippen molar-refractivity contribution in [3.63, 3.8) is 0 Å². The Morgan fingerprint density at radius 2 is 1.96 bits per heavy atom. The lowest BCUT2D eigenvalue weighted by Crippen LogP contribution is -2.47. The van der Waals surface area contributed by atoms with Crippen molar-refractivity contribution in [3.05, 3.63) is 11.7 Å². The lowest BCUT2D eigenvalue weighted by Gasteiger charge is -2.26. The molecule has 2 N–H and O–H groups in total. The van der Waals surface area contributed by atoms with Crippen LogP contribution in [0.15, 0.2) is 4.52 Å². The highest BCUT2D eigenvalue weighted by Gasteiger charge is 2.29. The Balaban J connectivity index is 1.37. The number of carbonyl (C=O) groups is 2. The molecule has 2 aliphatic rings. The SMILES string of the molecule is Cc1noc(C2CCC(NC(=O)C(=O)NCCN3CCCS3(=O)=O)CC2)n1. The van der Waals surface area contributed by atoms with E-state index in [9.17, 15) is 18.0 Å². The van der Waals surface area contributed by atoms with Gasteiger partial charge in [-0.05, 0) is 39.0 Å². The van der Waals surface area contributed by atoms with Gasteiger partial charge in [0.2, 0.25) is 15.9 Å². The Morgan fingerprint density at radius 1 is 1.22 bits per heavy atom. The summed E-state index contributed by atoms with van der Waals surface area (Å²) in [5.74, 6) is 0.159. The number of hydrogen-bond acceptors (Lipinski definition) is 7. The standard InChI is InChI=1S/C16H25N5O5S/c1-11-18-16(26-20-11)12-3-5-13(6-4-12)19-15(23)14(22)17-7-9-21-8-2-10-27(21,24)25/h12-13H,2-10H2,1H3,(H,17,22)(H,19,23). The first-order valence-corrected chi connectivity index (χ1v) is 10.8. The number of amides is 2. The van der Waals surface area contributed by atoms with Crippen LogP contribution in [0.1, 0.15) is 49.7 Å². The molecule has 0 unspecified atom stereocenters. The summed E-state index contributed by atoms with van der Waals surface area (Å²) in [7, 11) is -3.19. The molecule has 2 amide bonds. The molecule has 2 fully saturated rings. The van der Waals surface area contributed by atoms with Gasteiger partial charge >= 0.3 is 11.8 Å². The van der Waals surface area contributed by atoms with Gasteiger partial charge in [0.05, 0.1) is 5.75 Å². The molecule has 27 heavy (non-hydrogen) atoms. The van der Waals surface area contributed by atoms with Crippen LogP contribution in [0.4, 0.5) is 0 Å². The second-order valence-electron chi connectivity index (χ2n) is 7.03. The molecule has 11 heteroatoms. The van der Waals surface area contributed by atoms with Crippen molar-refractivity contribution in [1.29, 1.82) is 0 Å². The second kappa shape index (κ2) is 8.34. The maximum Gasteiger partial charge on any atom is 0.309 e. The van der Waals surface area contributed by atoms with Crippen molar-refractivity contribution in [2.45, 2.75) is 51.0 Å². The molecule has 0 bridgehead atoms. The summed E-state index contributed by atoms with van der Waals surface area (Å²) in [6.45, 7) is 2.55. The van der Waals surface area contributed by atoms with E-state index in [1.54, 1.807) is 6.92 Å². The summed E-state index contributed by atoms with van der Waals surface area (Å²) in [5.41, 5.74) is 0. The van der Waals surface area contributed by atoms with Gasteiger partial charge < -0.3 is 15.2 Å². The molecule has 0 spiro atoms. The van der Waals surface area contributed by atoms with Crippen molar-refractivity contribution in [2.75, 3.05) is 25.4 Å². The van der Waals surface area contributed by atoms with E-state index in [-0.39, 0.29) is 30.8 Å². The molecule has 2 heterocycles. The smallest absolute Gasteiger partial charge is 0.309 e. The zero-order valence-electron chi connectivity index (χ0n) is 15.3. The average molecular weight is 399 g/mol. The third kappa shape index (κ3) is 5.04. The van der Waals surface area contributed by atoms with E-state index >= 15 is 0 Å². The van der Waals surface area contributed by atoms with E-state index in [1.165, 1.54) is 4.31 Å². The van der Waals surface area contributed by atoms with Crippen LogP contribution in [-0.2, 0) is 19.6 Å². The van der Waals surface area contributed by atoms with Gasteiger partial charge in [0.25, 0.3) is 0 Å². The van der Waals surface area contributed by atoms with Crippen LogP contribution >= 0.6 is 0 Å². The lowest BCUT2D eigenvalue weighted by atomic mass is 9.86. The van der Waals surface area contributed by atoms with Gasteiger partial charge in [-0.15, -0.1) is 0 Å². The van der Waals surface area contributed by atoms with Crippen LogP contribution in [0, 0.1) is 6.92 Å². The normalized spacial score (nSPS) is 25.2. The second-order valence-corrected chi connectivity index (χ2v) is 9.11. The molecule has 0 aromatic carbocycles. The Kier molecular flexibility index (Phi) is 6.10. The summed E-state index contributed by atoms with van der Waals surface area (Å²) in [4.78, 5) is 28.2. The molecule has 1 aliphatic carbocycles. The third-order valence-corrected chi connectivity index (χ3v) is 6.97. The molecule has 0 atom stereocenters. The largest absolute Gasteiger partial charge is 0.347 e. The highest BCUT2D eigenvalue weighted by Crippen LogP contribution is 2.31. The molecule has 1 saturated carbocycles. The van der Waals surface area contributed by atoms with Gasteiger partial charge in [-0.2, -0.15) is 4.98 Å². The molecule has 150 valence electrons. The van der Waals surface area contributed by atoms with E-state index in [0.29, 0.717) is 24.7 Å². The first kappa shape index (κ1) is 19.7. The zero-order chi connectivity index (χ0) is 19.4. The van der Waals surface area contributed by atoms with Crippen LogP contribution in [0.25, 0.3) is 0 Å². The average Bonchev–Trinajstić information content (AvgIpc) is 3.21. The van der Waals surface area contributed by atoms with E-state index in [4.69, 9.17) is 4.52 Å². The van der Waals surface area contributed by atoms with Crippen molar-refractivity contribution in [2.24, 2.45) is 0 Å². The van der Waals surface area contributed by atoms with Crippen molar-refractivity contribution in [3.8, 4) is 0 Å². The zero-order valence-corrected chi connectivity index (χ0v) is 16.1. The van der Waals surface area contributed by atoms with E-state index in [0.717, 1.165) is 25.7 Å². The van der Waals surface area contributed by atoms with E-state index in [2.05, 4.69) is 20.8 Å². The molecule has 1 aromatic heterocycles. The summed E-state index contributed by atoms with van der Waals surface area (Å²) in [6, 6.07) is -0.0671. The minimum atomic E-state index is -3.19. The van der Waals surface area contributed by atoms with E-state index < -0.39 is 21.8 Å². The predicted molar refractivity (Wildman–Crippen MR) is 95.2 cm³/mol. The highest BCUT2D eigenvalue weighted by atomic mass is 32.2. The van der Waals surface area contributed by atoms with Gasteiger partial charge in [0, 0.05) is 31.6 Å². The monoisotopic (exact) mass is 399 g/mol. The van der Waals surface area contributed by atoms with Crippen LogP contribution in [0.2, 0.25) is 0 Å². The molecule has 3 rings (SSSR count). The number of rotatable bonds is 5. The van der Waals surface area contributed by atoms with Gasteiger partial charge in [-0.1, -0.05) is 5.16 Å². The molecule has 0 radical (unpaired) electrons. The number of hydrogen-bond donors (Lipinski definition) is 2. The molecule has 10 nitrogen and oxygen atoms in total. The van der Waals surface area contributed by atoms with Crippen LogP contribution < -0.4 is 10.6 Å². The lowest BCUT2D eigenvalue weighted by molar-refractivity contribution is -0.139. The highest BCUT2D eigenvalue weighted by molar-refractivity contribution is 7.89. The van der Waals surface area contributed by atoms with E-state index in [1.807, 2.05) is 0 Å². The molecular weight excluding hydrogens is 374 g/mol. The number of carbonyl (C=O) groups excluding carboxylic acids is 2. The van der Waals surface area contributed by atoms with Crippen LogP contribution in [0.5, 0.6) is 0 Å². The fourth-order valence-electron chi connectivity index (χ4n) is 3.53. The minimum absolute atomic E-state index is 0.0671. The molecule has 1 aromatic rings. The summed E-state index contributed by atoms with van der Waals surface area (Å²) in [6.07, 6.45) is 3.68. The van der Waals surface area contributed by atoms with Crippen LogP contribution in [-0.4, -0.2) is 66.1 Å². The number of sulfonamides is 1. The summed E-state index contributed by atoms with van der Waals surface area (Å²) in [5, 5.41) is 9.02. The Bertz CT molecular complexity index is 785. The van der Waals surface area contributed by atoms with Gasteiger partial charge in [-0.25, -0.2) is 12.7 Å². The summed E-state index contributed by atoms with van der Waals surface area (Å²) >= 11 is 0. The fourth-order valence-corrected chi connectivity index (χ4v) is 5.06. The molecule has 1 aliphatic heterocycles. The quantitative estimate of drug-likeness (QED) is 0.648. The first-order chi connectivity index (χ1) is 12.8. The maximum atomic E-state index is 12.0. The number of nitrogens with zero attached hydrogens (tertiary/aromatic N) is 3. The third-order valence-electron chi connectivity index (χ3n) is 5.01.